The third-order valence-corrected chi connectivity index (χ3v) is 6.10. The summed E-state index contributed by atoms with van der Waals surface area (Å²) in [6.07, 6.45) is 5.36. The number of fused-ring (bicyclic) bond motifs is 1. The Morgan fingerprint density at radius 2 is 1.72 bits per heavy atom. The van der Waals surface area contributed by atoms with Crippen LogP contribution in [0.15, 0.2) is 58.3 Å². The summed E-state index contributed by atoms with van der Waals surface area (Å²) in [6.45, 7) is 0. The van der Waals surface area contributed by atoms with Crippen molar-refractivity contribution in [2.45, 2.75) is 11.3 Å². The molecule has 2 aromatic heterocycles. The largest absolute Gasteiger partial charge is 0.496 e. The summed E-state index contributed by atoms with van der Waals surface area (Å²) in [5.41, 5.74) is 1.96. The van der Waals surface area contributed by atoms with Gasteiger partial charge in [0.15, 0.2) is 16.3 Å². The Balaban J connectivity index is 1.75. The third kappa shape index (κ3) is 4.02. The molecule has 0 radical (unpaired) electrons. The number of nitrogens with one attached hydrogen (secondary N) is 1. The Labute approximate surface area is 184 Å². The van der Waals surface area contributed by atoms with E-state index in [9.17, 15) is 8.42 Å². The van der Waals surface area contributed by atoms with Gasteiger partial charge in [0.05, 0.1) is 27.0 Å². The quantitative estimate of drug-likeness (QED) is 0.426. The van der Waals surface area contributed by atoms with E-state index in [1.165, 1.54) is 33.5 Å². The Morgan fingerprint density at radius 3 is 2.34 bits per heavy atom. The van der Waals surface area contributed by atoms with Crippen LogP contribution in [0.2, 0.25) is 0 Å². The van der Waals surface area contributed by atoms with Crippen molar-refractivity contribution in [1.82, 2.24) is 15.1 Å². The Morgan fingerprint density at radius 1 is 1.00 bits per heavy atom. The molecule has 0 bridgehead atoms. The molecule has 0 amide bonds. The first-order valence-electron chi connectivity index (χ1n) is 9.42. The summed E-state index contributed by atoms with van der Waals surface area (Å²) in [7, 11) is 0.0933. The average molecular weight is 456 g/mol. The molecule has 0 spiro atoms. The molecule has 1 N–H and O–H groups in total. The van der Waals surface area contributed by atoms with Gasteiger partial charge in [0.25, 0.3) is 10.0 Å². The van der Waals surface area contributed by atoms with Gasteiger partial charge >= 0.3 is 0 Å². The van der Waals surface area contributed by atoms with Crippen molar-refractivity contribution < 1.29 is 27.2 Å². The Hall–Kier alpha value is -3.86. The summed E-state index contributed by atoms with van der Waals surface area (Å²) in [4.78, 5) is 8.17. The highest BCUT2D eigenvalue weighted by Crippen LogP contribution is 2.38. The van der Waals surface area contributed by atoms with Crippen molar-refractivity contribution >= 4 is 26.8 Å². The van der Waals surface area contributed by atoms with Crippen molar-refractivity contribution in [3.8, 4) is 17.2 Å². The highest BCUT2D eigenvalue weighted by Gasteiger charge is 2.28. The van der Waals surface area contributed by atoms with Crippen LogP contribution in [0.1, 0.15) is 11.3 Å². The molecule has 32 heavy (non-hydrogen) atoms. The van der Waals surface area contributed by atoms with Crippen molar-refractivity contribution in [3.63, 3.8) is 0 Å². The highest BCUT2D eigenvalue weighted by atomic mass is 32.2. The van der Waals surface area contributed by atoms with Crippen LogP contribution in [0.4, 0.5) is 5.82 Å². The maximum Gasteiger partial charge on any atom is 0.270 e. The summed E-state index contributed by atoms with van der Waals surface area (Å²) >= 11 is 0. The van der Waals surface area contributed by atoms with E-state index >= 15 is 0 Å². The monoisotopic (exact) mass is 456 g/mol. The molecule has 0 atom stereocenters. The van der Waals surface area contributed by atoms with Gasteiger partial charge in [-0.25, -0.2) is 8.42 Å². The minimum atomic E-state index is -4.14. The SMILES string of the molecule is COc1cccc(OC)c1S(=O)(=O)Nc1noc2cc(Cc3cnccn3)cc(OC)c12. The molecule has 0 aliphatic rings. The van der Waals surface area contributed by atoms with E-state index in [1.54, 1.807) is 36.8 Å². The predicted octanol–water partition coefficient (Wildman–Crippen LogP) is 3.04. The average Bonchev–Trinajstić information content (AvgIpc) is 3.20. The van der Waals surface area contributed by atoms with E-state index < -0.39 is 10.0 Å². The molecular weight excluding hydrogens is 436 g/mol. The topological polar surface area (TPSA) is 126 Å². The van der Waals surface area contributed by atoms with E-state index in [1.807, 2.05) is 0 Å². The number of sulfonamides is 1. The zero-order chi connectivity index (χ0) is 22.7. The van der Waals surface area contributed by atoms with Crippen molar-refractivity contribution in [2.24, 2.45) is 0 Å². The fourth-order valence-electron chi connectivity index (χ4n) is 3.31. The first-order chi connectivity index (χ1) is 15.5. The first-order valence-corrected chi connectivity index (χ1v) is 10.9. The smallest absolute Gasteiger partial charge is 0.270 e. The van der Waals surface area contributed by atoms with Crippen LogP contribution in [0.3, 0.4) is 0 Å². The Kier molecular flexibility index (Phi) is 5.82. The summed E-state index contributed by atoms with van der Waals surface area (Å²) in [5, 5.41) is 4.30. The van der Waals surface area contributed by atoms with Gasteiger partial charge in [-0.05, 0) is 29.8 Å². The number of nitrogens with zero attached hydrogens (tertiary/aromatic N) is 3. The number of ether oxygens (including phenoxy) is 3. The van der Waals surface area contributed by atoms with Gasteiger partial charge in [0.1, 0.15) is 22.6 Å². The van der Waals surface area contributed by atoms with Crippen LogP contribution in [-0.4, -0.2) is 44.9 Å². The maximum absolute atomic E-state index is 13.2. The fraction of sp³-hybridized carbons (Fsp3) is 0.190. The molecule has 0 unspecified atom stereocenters. The molecule has 0 aliphatic heterocycles. The lowest BCUT2D eigenvalue weighted by molar-refractivity contribution is 0.373. The van der Waals surface area contributed by atoms with Gasteiger partial charge in [-0.1, -0.05) is 11.2 Å². The first kappa shape index (κ1) is 21.4. The molecule has 10 nitrogen and oxygen atoms in total. The van der Waals surface area contributed by atoms with Gasteiger partial charge in [-0.2, -0.15) is 0 Å². The molecule has 0 saturated heterocycles. The zero-order valence-electron chi connectivity index (χ0n) is 17.5. The number of aromatic nitrogens is 3. The van der Waals surface area contributed by atoms with E-state index in [0.29, 0.717) is 23.1 Å². The van der Waals surface area contributed by atoms with Crippen LogP contribution >= 0.6 is 0 Å². The Bertz CT molecular complexity index is 1330. The number of methoxy groups -OCH3 is 3. The van der Waals surface area contributed by atoms with E-state index in [2.05, 4.69) is 19.8 Å². The van der Waals surface area contributed by atoms with Crippen LogP contribution in [0, 0.1) is 0 Å². The van der Waals surface area contributed by atoms with Crippen molar-refractivity contribution in [2.75, 3.05) is 26.1 Å². The van der Waals surface area contributed by atoms with Gasteiger partial charge in [-0.3, -0.25) is 14.7 Å². The van der Waals surface area contributed by atoms with Crippen LogP contribution < -0.4 is 18.9 Å². The molecule has 0 aliphatic carbocycles. The molecule has 0 saturated carbocycles. The number of anilines is 1. The van der Waals surface area contributed by atoms with Gasteiger partial charge < -0.3 is 18.7 Å². The second-order valence-corrected chi connectivity index (χ2v) is 8.29. The molecular formula is C21H20N4O6S. The number of rotatable bonds is 8. The molecule has 166 valence electrons. The second-order valence-electron chi connectivity index (χ2n) is 6.67. The molecule has 2 aromatic carbocycles. The van der Waals surface area contributed by atoms with E-state index in [4.69, 9.17) is 18.7 Å². The van der Waals surface area contributed by atoms with E-state index in [-0.39, 0.29) is 22.2 Å². The second kappa shape index (κ2) is 8.71. The fourth-order valence-corrected chi connectivity index (χ4v) is 4.64. The molecule has 4 aromatic rings. The van der Waals surface area contributed by atoms with Crippen molar-refractivity contribution in [1.29, 1.82) is 0 Å². The molecule has 2 heterocycles. The van der Waals surface area contributed by atoms with Crippen LogP contribution in [-0.2, 0) is 16.4 Å². The molecule has 0 fully saturated rings. The number of hydrogen-bond donors (Lipinski definition) is 1. The van der Waals surface area contributed by atoms with Crippen LogP contribution in [0.25, 0.3) is 11.0 Å². The van der Waals surface area contributed by atoms with Crippen LogP contribution in [0.5, 0.6) is 17.2 Å². The highest BCUT2D eigenvalue weighted by molar-refractivity contribution is 7.93. The lowest BCUT2D eigenvalue weighted by atomic mass is 10.1. The minimum Gasteiger partial charge on any atom is -0.496 e. The lowest BCUT2D eigenvalue weighted by Crippen LogP contribution is -2.15. The van der Waals surface area contributed by atoms with E-state index in [0.717, 1.165) is 11.3 Å². The number of benzene rings is 2. The normalized spacial score (nSPS) is 11.3. The molecule has 4 rings (SSSR count). The van der Waals surface area contributed by atoms with Gasteiger partial charge in [0, 0.05) is 25.0 Å². The zero-order valence-corrected chi connectivity index (χ0v) is 18.3. The predicted molar refractivity (Wildman–Crippen MR) is 116 cm³/mol. The number of hydrogen-bond acceptors (Lipinski definition) is 9. The lowest BCUT2D eigenvalue weighted by Gasteiger charge is -2.14. The third-order valence-electron chi connectivity index (χ3n) is 4.70. The van der Waals surface area contributed by atoms with Crippen molar-refractivity contribution in [3.05, 3.63) is 60.2 Å². The summed E-state index contributed by atoms with van der Waals surface area (Å²) in [6, 6.07) is 8.20. The standard InChI is InChI=1S/C21H20N4O6S/c1-28-15-5-4-6-16(29-2)20(15)32(26,27)25-21-19-17(30-3)10-13(11-18(19)31-24-21)9-14-12-22-7-8-23-14/h4-8,10-12H,9H2,1-3H3,(H,24,25). The summed E-state index contributed by atoms with van der Waals surface area (Å²) in [5.74, 6) is 0.633. The minimum absolute atomic E-state index is 0.0177. The van der Waals surface area contributed by atoms with Gasteiger partial charge in [0.2, 0.25) is 0 Å². The molecule has 11 heteroatoms. The summed E-state index contributed by atoms with van der Waals surface area (Å²) < 4.78 is 50.2. The van der Waals surface area contributed by atoms with Gasteiger partial charge in [-0.15, -0.1) is 0 Å². The maximum atomic E-state index is 13.2.